The van der Waals surface area contributed by atoms with Crippen molar-refractivity contribution in [3.63, 3.8) is 0 Å². The van der Waals surface area contributed by atoms with Gasteiger partial charge in [0.05, 0.1) is 0 Å². The first-order chi connectivity index (χ1) is 5.56. The van der Waals surface area contributed by atoms with Crippen LogP contribution in [0.1, 0.15) is 20.8 Å². The van der Waals surface area contributed by atoms with E-state index in [4.69, 9.17) is 0 Å². The Morgan fingerprint density at radius 2 is 2.08 bits per heavy atom. The molecule has 0 aromatic carbocycles. The van der Waals surface area contributed by atoms with Crippen LogP contribution in [0.2, 0.25) is 0 Å². The molecule has 1 aliphatic heterocycles. The summed E-state index contributed by atoms with van der Waals surface area (Å²) in [5.74, 6) is 0. The summed E-state index contributed by atoms with van der Waals surface area (Å²) in [6, 6.07) is 0. The van der Waals surface area contributed by atoms with E-state index in [0.717, 1.165) is 11.4 Å². The van der Waals surface area contributed by atoms with Crippen molar-refractivity contribution in [1.29, 1.82) is 0 Å². The maximum absolute atomic E-state index is 4.52. The number of rotatable bonds is 1. The van der Waals surface area contributed by atoms with Gasteiger partial charge in [-0.25, -0.2) is 0 Å². The fourth-order valence-electron chi connectivity index (χ4n) is 1.08. The summed E-state index contributed by atoms with van der Waals surface area (Å²) >= 11 is 0.0908. The molecule has 0 aliphatic carbocycles. The second-order valence-electron chi connectivity index (χ2n) is 3.01. The first-order valence-electron chi connectivity index (χ1n) is 3.86. The molecule has 0 saturated heterocycles. The van der Waals surface area contributed by atoms with E-state index in [9.17, 15) is 0 Å². The van der Waals surface area contributed by atoms with Gasteiger partial charge >= 0.3 is 84.1 Å². The number of allylic oxidation sites excluding steroid dienone is 1. The quantitative estimate of drug-likeness (QED) is 0.329. The van der Waals surface area contributed by atoms with Crippen LogP contribution in [-0.2, 0) is 0 Å². The van der Waals surface area contributed by atoms with Gasteiger partial charge in [0.1, 0.15) is 0 Å². The Hall–Kier alpha value is -0.190. The zero-order valence-corrected chi connectivity index (χ0v) is 10.1. The Morgan fingerprint density at radius 1 is 1.42 bits per heavy atom. The molecule has 1 unspecified atom stereocenters. The van der Waals surface area contributed by atoms with E-state index < -0.39 is 0 Å². The van der Waals surface area contributed by atoms with Crippen LogP contribution in [-0.4, -0.2) is 20.4 Å². The SMILES string of the molecule is C[I-]C1(C)C=C(C)N=C(C)C=N1. The van der Waals surface area contributed by atoms with Crippen molar-refractivity contribution in [3.05, 3.63) is 11.8 Å². The maximum atomic E-state index is 4.52. The number of aliphatic imine (C=N–C) groups is 2. The zero-order chi connectivity index (χ0) is 9.19. The number of hydrogen-bond acceptors (Lipinski definition) is 2. The van der Waals surface area contributed by atoms with Crippen molar-refractivity contribution >= 4 is 11.9 Å². The van der Waals surface area contributed by atoms with Gasteiger partial charge in [-0.2, -0.15) is 0 Å². The number of halogens is 1. The van der Waals surface area contributed by atoms with Crippen molar-refractivity contribution in [1.82, 2.24) is 0 Å². The van der Waals surface area contributed by atoms with Gasteiger partial charge in [-0.3, -0.25) is 0 Å². The van der Waals surface area contributed by atoms with Gasteiger partial charge in [-0.15, -0.1) is 0 Å². The average molecular weight is 277 g/mol. The number of nitrogens with zero attached hydrogens (tertiary/aromatic N) is 2. The Labute approximate surface area is 84.1 Å². The third-order valence-electron chi connectivity index (χ3n) is 1.71. The van der Waals surface area contributed by atoms with Gasteiger partial charge in [0.15, 0.2) is 0 Å². The summed E-state index contributed by atoms with van der Waals surface area (Å²) in [5, 5.41) is 0. The predicted molar refractivity (Wildman–Crippen MR) is 49.7 cm³/mol. The Morgan fingerprint density at radius 3 is 2.67 bits per heavy atom. The average Bonchev–Trinajstić information content (AvgIpc) is 2.11. The minimum atomic E-state index is 0.0597. The molecule has 0 saturated carbocycles. The van der Waals surface area contributed by atoms with Crippen LogP contribution >= 0.6 is 0 Å². The molecule has 68 valence electrons. The monoisotopic (exact) mass is 277 g/mol. The number of alkyl halides is 2. The Balaban J connectivity index is 3.01. The topological polar surface area (TPSA) is 24.7 Å². The van der Waals surface area contributed by atoms with E-state index in [1.807, 2.05) is 20.1 Å². The molecule has 0 amide bonds. The van der Waals surface area contributed by atoms with Gasteiger partial charge in [-0.05, 0) is 0 Å². The third kappa shape index (κ3) is 2.40. The molecule has 3 heteroatoms. The summed E-state index contributed by atoms with van der Waals surface area (Å²) in [6.07, 6.45) is 4.06. The second-order valence-corrected chi connectivity index (χ2v) is 6.27. The zero-order valence-electron chi connectivity index (χ0n) is 7.93. The molecule has 0 bridgehead atoms. The Kier molecular flexibility index (Phi) is 3.04. The summed E-state index contributed by atoms with van der Waals surface area (Å²) in [7, 11) is 0. The molecule has 0 N–H and O–H groups in total. The second kappa shape index (κ2) is 3.68. The molecule has 1 atom stereocenters. The summed E-state index contributed by atoms with van der Waals surface area (Å²) in [4.78, 5) is 11.1. The van der Waals surface area contributed by atoms with E-state index in [0.29, 0.717) is 0 Å². The molecule has 1 heterocycles. The first-order valence-corrected chi connectivity index (χ1v) is 7.10. The predicted octanol–water partition coefficient (Wildman–Crippen LogP) is -1.13. The molecular formula is C9H14IN2-. The molecule has 1 aliphatic rings. The van der Waals surface area contributed by atoms with Gasteiger partial charge in [0.2, 0.25) is 0 Å². The van der Waals surface area contributed by atoms with Crippen LogP contribution in [0, 0.1) is 0 Å². The first kappa shape index (κ1) is 9.89. The van der Waals surface area contributed by atoms with Crippen LogP contribution in [0.5, 0.6) is 0 Å². The summed E-state index contributed by atoms with van der Waals surface area (Å²) in [6.45, 7) is 6.20. The van der Waals surface area contributed by atoms with Crippen LogP contribution in [0.15, 0.2) is 21.8 Å². The van der Waals surface area contributed by atoms with Crippen LogP contribution < -0.4 is 21.2 Å². The van der Waals surface area contributed by atoms with E-state index in [2.05, 4.69) is 27.9 Å². The van der Waals surface area contributed by atoms with E-state index in [-0.39, 0.29) is 24.8 Å². The van der Waals surface area contributed by atoms with Crippen LogP contribution in [0.4, 0.5) is 0 Å². The molecule has 0 fully saturated rings. The molecule has 0 aromatic heterocycles. The minimum absolute atomic E-state index is 0.0597. The van der Waals surface area contributed by atoms with E-state index in [1.54, 1.807) is 0 Å². The summed E-state index contributed by atoms with van der Waals surface area (Å²) in [5.41, 5.74) is 2.10. The Bertz CT molecular complexity index is 266. The standard InChI is InChI=1S/C9H14IN2/c1-7-5-9(3,10-4)11-6-8(2)12-7/h5-6H,1-4H3/q-1. The van der Waals surface area contributed by atoms with Crippen molar-refractivity contribution in [2.75, 3.05) is 4.93 Å². The van der Waals surface area contributed by atoms with Gasteiger partial charge < -0.3 is 0 Å². The van der Waals surface area contributed by atoms with Crippen molar-refractivity contribution in [2.45, 2.75) is 24.3 Å². The molecule has 0 radical (unpaired) electrons. The molecule has 2 nitrogen and oxygen atoms in total. The molecule has 0 aromatic rings. The van der Waals surface area contributed by atoms with Crippen molar-refractivity contribution < 1.29 is 21.2 Å². The molecule has 12 heavy (non-hydrogen) atoms. The fourth-order valence-corrected chi connectivity index (χ4v) is 2.26. The van der Waals surface area contributed by atoms with E-state index >= 15 is 0 Å². The summed E-state index contributed by atoms with van der Waals surface area (Å²) < 4.78 is 0.0597. The molecule has 1 rings (SSSR count). The molecular weight excluding hydrogens is 263 g/mol. The van der Waals surface area contributed by atoms with E-state index in [1.165, 1.54) is 0 Å². The fraction of sp³-hybridized carbons (Fsp3) is 0.556. The van der Waals surface area contributed by atoms with Gasteiger partial charge in [0, 0.05) is 0 Å². The molecule has 0 spiro atoms. The van der Waals surface area contributed by atoms with Crippen LogP contribution in [0.25, 0.3) is 0 Å². The van der Waals surface area contributed by atoms with Crippen molar-refractivity contribution in [3.8, 4) is 0 Å². The number of hydrogen-bond donors (Lipinski definition) is 0. The third-order valence-corrected chi connectivity index (χ3v) is 4.49. The van der Waals surface area contributed by atoms with Crippen LogP contribution in [0.3, 0.4) is 0 Å². The van der Waals surface area contributed by atoms with Gasteiger partial charge in [-0.1, -0.05) is 0 Å². The normalized spacial score (nSPS) is 29.7. The van der Waals surface area contributed by atoms with Crippen molar-refractivity contribution in [2.24, 2.45) is 9.98 Å². The van der Waals surface area contributed by atoms with Gasteiger partial charge in [0.25, 0.3) is 0 Å².